The fourth-order valence-corrected chi connectivity index (χ4v) is 2.75. The van der Waals surface area contributed by atoms with Gasteiger partial charge in [-0.05, 0) is 30.8 Å². The number of morpholine rings is 1. The molecule has 2 heterocycles. The largest absolute Gasteiger partial charge is 0.399 e. The van der Waals surface area contributed by atoms with E-state index in [4.69, 9.17) is 10.5 Å². The Morgan fingerprint density at radius 1 is 1.33 bits per heavy atom. The zero-order valence-corrected chi connectivity index (χ0v) is 12.4. The molecule has 1 fully saturated rings. The topological polar surface area (TPSA) is 56.3 Å². The number of anilines is 1. The number of nitrogens with zero attached hydrogens (tertiary/aromatic N) is 3. The first kappa shape index (κ1) is 14.1. The lowest BCUT2D eigenvalue weighted by Gasteiger charge is -2.32. The molecule has 1 saturated heterocycles. The van der Waals surface area contributed by atoms with Crippen LogP contribution in [-0.2, 0) is 11.3 Å². The zero-order chi connectivity index (χ0) is 14.7. The van der Waals surface area contributed by atoms with Gasteiger partial charge in [0, 0.05) is 36.7 Å². The third-order valence-electron chi connectivity index (χ3n) is 3.95. The molecule has 1 aliphatic rings. The molecule has 2 aromatic rings. The molecule has 0 bridgehead atoms. The molecule has 0 aliphatic carbocycles. The number of ether oxygens (including phenoxy) is 1. The lowest BCUT2D eigenvalue weighted by molar-refractivity contribution is -0.0341. The molecule has 112 valence electrons. The second-order valence-electron chi connectivity index (χ2n) is 5.41. The summed E-state index contributed by atoms with van der Waals surface area (Å²) in [6, 6.07) is 7.83. The summed E-state index contributed by atoms with van der Waals surface area (Å²) in [6.45, 7) is 6.92. The van der Waals surface area contributed by atoms with Gasteiger partial charge in [0.25, 0.3) is 0 Å². The number of hydrogen-bond acceptors (Lipinski definition) is 4. The summed E-state index contributed by atoms with van der Waals surface area (Å²) < 4.78 is 8.05. The summed E-state index contributed by atoms with van der Waals surface area (Å²) >= 11 is 0. The van der Waals surface area contributed by atoms with E-state index in [-0.39, 0.29) is 6.10 Å². The van der Waals surface area contributed by atoms with Gasteiger partial charge in [0.15, 0.2) is 0 Å². The molecule has 3 rings (SSSR count). The fourth-order valence-electron chi connectivity index (χ4n) is 2.75. The van der Waals surface area contributed by atoms with E-state index < -0.39 is 0 Å². The summed E-state index contributed by atoms with van der Waals surface area (Å²) in [5.74, 6) is 0.965. The number of benzene rings is 1. The molecular formula is C16H22N4O. The van der Waals surface area contributed by atoms with Crippen LogP contribution in [-0.4, -0.2) is 46.8 Å². The Bertz CT molecular complexity index is 578. The van der Waals surface area contributed by atoms with Gasteiger partial charge >= 0.3 is 0 Å². The minimum Gasteiger partial charge on any atom is -0.399 e. The Balaban J connectivity index is 1.75. The molecule has 0 spiro atoms. The van der Waals surface area contributed by atoms with E-state index in [1.165, 1.54) is 0 Å². The van der Waals surface area contributed by atoms with E-state index in [2.05, 4.69) is 21.4 Å². The number of nitrogens with two attached hydrogens (primary N) is 1. The Hall–Kier alpha value is -1.85. The maximum absolute atomic E-state index is 5.88. The number of likely N-dealkylation sites (N-methyl/N-ethyl adjacent to an activating group) is 1. The monoisotopic (exact) mass is 286 g/mol. The molecule has 2 N–H and O–H groups in total. The van der Waals surface area contributed by atoms with Crippen molar-refractivity contribution in [3.05, 3.63) is 36.7 Å². The van der Waals surface area contributed by atoms with Crippen LogP contribution in [0.15, 0.2) is 36.7 Å². The van der Waals surface area contributed by atoms with Crippen molar-refractivity contribution in [1.82, 2.24) is 14.5 Å². The van der Waals surface area contributed by atoms with Gasteiger partial charge in [-0.25, -0.2) is 4.98 Å². The first-order valence-corrected chi connectivity index (χ1v) is 7.47. The maximum Gasteiger partial charge on any atom is 0.139 e. The van der Waals surface area contributed by atoms with Crippen molar-refractivity contribution in [2.75, 3.05) is 32.0 Å². The SMILES string of the molecule is CCN1CCOC(Cn2ccnc2-c2ccc(N)cc2)C1. The number of imidazole rings is 1. The van der Waals surface area contributed by atoms with Gasteiger partial charge in [0.05, 0.1) is 19.3 Å². The number of rotatable bonds is 4. The van der Waals surface area contributed by atoms with Gasteiger partial charge < -0.3 is 15.0 Å². The minimum atomic E-state index is 0.223. The molecule has 1 unspecified atom stereocenters. The molecule has 5 nitrogen and oxygen atoms in total. The van der Waals surface area contributed by atoms with Crippen molar-refractivity contribution in [3.63, 3.8) is 0 Å². The van der Waals surface area contributed by atoms with Crippen LogP contribution in [0.1, 0.15) is 6.92 Å². The molecule has 1 aromatic heterocycles. The highest BCUT2D eigenvalue weighted by Crippen LogP contribution is 2.20. The number of nitrogen functional groups attached to an aromatic ring is 1. The average Bonchev–Trinajstić information content (AvgIpc) is 2.96. The molecule has 1 aliphatic heterocycles. The van der Waals surface area contributed by atoms with Gasteiger partial charge in [-0.1, -0.05) is 6.92 Å². The van der Waals surface area contributed by atoms with E-state index in [0.717, 1.165) is 49.9 Å². The van der Waals surface area contributed by atoms with Crippen LogP contribution in [0.5, 0.6) is 0 Å². The number of hydrogen-bond donors (Lipinski definition) is 1. The first-order chi connectivity index (χ1) is 10.3. The lowest BCUT2D eigenvalue weighted by atomic mass is 10.2. The zero-order valence-electron chi connectivity index (χ0n) is 12.4. The van der Waals surface area contributed by atoms with Crippen LogP contribution in [0, 0.1) is 0 Å². The van der Waals surface area contributed by atoms with Gasteiger partial charge in [0.2, 0.25) is 0 Å². The summed E-state index contributed by atoms with van der Waals surface area (Å²) in [4.78, 5) is 6.90. The normalized spacial score (nSPS) is 19.8. The van der Waals surface area contributed by atoms with Crippen LogP contribution in [0.3, 0.4) is 0 Å². The third kappa shape index (κ3) is 3.25. The van der Waals surface area contributed by atoms with E-state index in [9.17, 15) is 0 Å². The summed E-state index contributed by atoms with van der Waals surface area (Å²) in [6.07, 6.45) is 4.08. The minimum absolute atomic E-state index is 0.223. The number of aromatic nitrogens is 2. The van der Waals surface area contributed by atoms with Crippen LogP contribution < -0.4 is 5.73 Å². The van der Waals surface area contributed by atoms with Gasteiger partial charge in [0.1, 0.15) is 5.82 Å². The summed E-state index contributed by atoms with van der Waals surface area (Å²) in [5.41, 5.74) is 7.60. The summed E-state index contributed by atoms with van der Waals surface area (Å²) in [7, 11) is 0. The Labute approximate surface area is 125 Å². The molecule has 21 heavy (non-hydrogen) atoms. The van der Waals surface area contributed by atoms with Crippen molar-refractivity contribution >= 4 is 5.69 Å². The molecule has 1 atom stereocenters. The Morgan fingerprint density at radius 3 is 2.90 bits per heavy atom. The van der Waals surface area contributed by atoms with Crippen molar-refractivity contribution < 1.29 is 4.74 Å². The molecule has 0 saturated carbocycles. The Kier molecular flexibility index (Phi) is 4.22. The van der Waals surface area contributed by atoms with Crippen molar-refractivity contribution in [3.8, 4) is 11.4 Å². The highest BCUT2D eigenvalue weighted by atomic mass is 16.5. The highest BCUT2D eigenvalue weighted by Gasteiger charge is 2.20. The van der Waals surface area contributed by atoms with Gasteiger partial charge in [-0.2, -0.15) is 0 Å². The second kappa shape index (κ2) is 6.28. The lowest BCUT2D eigenvalue weighted by Crippen LogP contribution is -2.43. The highest BCUT2D eigenvalue weighted by molar-refractivity contribution is 5.59. The standard InChI is InChI=1S/C16H22N4O/c1-2-19-9-10-21-15(11-19)12-20-8-7-18-16(20)13-3-5-14(17)6-4-13/h3-8,15H,2,9-12,17H2,1H3. The van der Waals surface area contributed by atoms with Gasteiger partial charge in [-0.3, -0.25) is 4.90 Å². The van der Waals surface area contributed by atoms with Crippen molar-refractivity contribution in [2.45, 2.75) is 19.6 Å². The maximum atomic E-state index is 5.88. The van der Waals surface area contributed by atoms with Crippen molar-refractivity contribution in [1.29, 1.82) is 0 Å². The molecule has 5 heteroatoms. The average molecular weight is 286 g/mol. The summed E-state index contributed by atoms with van der Waals surface area (Å²) in [5, 5.41) is 0. The predicted octanol–water partition coefficient (Wildman–Crippen LogP) is 1.85. The predicted molar refractivity (Wildman–Crippen MR) is 83.9 cm³/mol. The van der Waals surface area contributed by atoms with E-state index in [1.807, 2.05) is 36.7 Å². The first-order valence-electron chi connectivity index (χ1n) is 7.47. The van der Waals surface area contributed by atoms with Crippen LogP contribution in [0.25, 0.3) is 11.4 Å². The van der Waals surface area contributed by atoms with Gasteiger partial charge in [-0.15, -0.1) is 0 Å². The second-order valence-corrected chi connectivity index (χ2v) is 5.41. The fraction of sp³-hybridized carbons (Fsp3) is 0.438. The van der Waals surface area contributed by atoms with Crippen LogP contribution in [0.4, 0.5) is 5.69 Å². The Morgan fingerprint density at radius 2 is 2.14 bits per heavy atom. The van der Waals surface area contributed by atoms with E-state index in [1.54, 1.807) is 0 Å². The third-order valence-corrected chi connectivity index (χ3v) is 3.95. The molecule has 0 amide bonds. The smallest absolute Gasteiger partial charge is 0.139 e. The molecule has 0 radical (unpaired) electrons. The van der Waals surface area contributed by atoms with Crippen LogP contribution in [0.2, 0.25) is 0 Å². The molecular weight excluding hydrogens is 264 g/mol. The molecule has 1 aromatic carbocycles. The van der Waals surface area contributed by atoms with Crippen molar-refractivity contribution in [2.24, 2.45) is 0 Å². The van der Waals surface area contributed by atoms with Crippen LogP contribution >= 0.6 is 0 Å². The van der Waals surface area contributed by atoms with E-state index >= 15 is 0 Å². The van der Waals surface area contributed by atoms with E-state index in [0.29, 0.717) is 0 Å². The quantitative estimate of drug-likeness (QED) is 0.872.